The maximum absolute atomic E-state index is 13.0. The van der Waals surface area contributed by atoms with Crippen LogP contribution >= 0.6 is 11.3 Å². The number of nitrogens with one attached hydrogen (secondary N) is 1. The minimum atomic E-state index is -0.216. The van der Waals surface area contributed by atoms with Gasteiger partial charge in [-0.2, -0.15) is 9.67 Å². The van der Waals surface area contributed by atoms with Gasteiger partial charge in [-0.3, -0.25) is 4.79 Å². The Morgan fingerprint density at radius 2 is 1.79 bits per heavy atom. The molecule has 6 nitrogen and oxygen atoms in total. The molecule has 0 unspecified atom stereocenters. The highest BCUT2D eigenvalue weighted by molar-refractivity contribution is 7.13. The maximum atomic E-state index is 13.0. The van der Waals surface area contributed by atoms with Crippen molar-refractivity contribution in [2.45, 2.75) is 6.54 Å². The number of nitrogens with zero attached hydrogens (tertiary/aromatic N) is 4. The fourth-order valence-electron chi connectivity index (χ4n) is 2.87. The van der Waals surface area contributed by atoms with E-state index in [2.05, 4.69) is 44.6 Å². The zero-order valence-electron chi connectivity index (χ0n) is 16.2. The molecular formula is C22H21N5OS. The van der Waals surface area contributed by atoms with Crippen molar-refractivity contribution in [3.05, 3.63) is 83.2 Å². The Kier molecular flexibility index (Phi) is 5.39. The normalized spacial score (nSPS) is 10.7. The van der Waals surface area contributed by atoms with E-state index in [4.69, 9.17) is 0 Å². The summed E-state index contributed by atoms with van der Waals surface area (Å²) in [5, 5.41) is 9.71. The first-order valence-corrected chi connectivity index (χ1v) is 10.1. The molecule has 0 saturated carbocycles. The Morgan fingerprint density at radius 1 is 1.03 bits per heavy atom. The van der Waals surface area contributed by atoms with E-state index in [1.165, 1.54) is 4.68 Å². The third-order valence-corrected chi connectivity index (χ3v) is 5.33. The summed E-state index contributed by atoms with van der Waals surface area (Å²) in [5.74, 6) is 0.750. The summed E-state index contributed by atoms with van der Waals surface area (Å²) in [6, 6.07) is 21.2. The molecule has 0 amide bonds. The van der Waals surface area contributed by atoms with Gasteiger partial charge in [-0.25, -0.2) is 0 Å². The van der Waals surface area contributed by atoms with Crippen molar-refractivity contribution >= 4 is 28.9 Å². The average molecular weight is 404 g/mol. The molecule has 1 N–H and O–H groups in total. The molecule has 0 aliphatic rings. The van der Waals surface area contributed by atoms with Gasteiger partial charge in [-0.05, 0) is 41.3 Å². The number of rotatable bonds is 6. The predicted molar refractivity (Wildman–Crippen MR) is 118 cm³/mol. The van der Waals surface area contributed by atoms with Crippen LogP contribution in [0.2, 0.25) is 0 Å². The van der Waals surface area contributed by atoms with Crippen LogP contribution in [0.4, 0.5) is 11.6 Å². The van der Waals surface area contributed by atoms with E-state index in [0.717, 1.165) is 16.1 Å². The molecule has 4 rings (SSSR count). The van der Waals surface area contributed by atoms with Crippen LogP contribution in [0.25, 0.3) is 10.7 Å². The lowest BCUT2D eigenvalue weighted by Gasteiger charge is -2.13. The number of benzene rings is 2. The average Bonchev–Trinajstić information content (AvgIpc) is 3.42. The first-order valence-electron chi connectivity index (χ1n) is 9.22. The smallest absolute Gasteiger partial charge is 0.281 e. The summed E-state index contributed by atoms with van der Waals surface area (Å²) in [5.41, 5.74) is 2.79. The van der Waals surface area contributed by atoms with E-state index in [1.54, 1.807) is 23.5 Å². The summed E-state index contributed by atoms with van der Waals surface area (Å²) >= 11 is 1.54. The molecule has 7 heteroatoms. The number of thiophene rings is 1. The molecule has 0 aliphatic heterocycles. The quantitative estimate of drug-likeness (QED) is 0.518. The van der Waals surface area contributed by atoms with E-state index >= 15 is 0 Å². The minimum absolute atomic E-state index is 0.216. The van der Waals surface area contributed by atoms with Crippen molar-refractivity contribution in [1.82, 2.24) is 14.8 Å². The summed E-state index contributed by atoms with van der Waals surface area (Å²) in [6.45, 7) is 0.540. The number of hydrogen-bond donors (Lipinski definition) is 1. The second-order valence-corrected chi connectivity index (χ2v) is 7.68. The monoisotopic (exact) mass is 403 g/mol. The van der Waals surface area contributed by atoms with Gasteiger partial charge in [0, 0.05) is 31.9 Å². The lowest BCUT2D eigenvalue weighted by Crippen LogP contribution is -2.17. The molecule has 0 saturated heterocycles. The Bertz CT molecular complexity index is 1090. The van der Waals surface area contributed by atoms with Crippen molar-refractivity contribution in [3.8, 4) is 10.7 Å². The van der Waals surface area contributed by atoms with Crippen molar-refractivity contribution in [2.75, 3.05) is 24.3 Å². The van der Waals surface area contributed by atoms with Crippen LogP contribution in [-0.4, -0.2) is 34.8 Å². The standard InChI is InChI=1S/C22H21N5OS/c1-26(2)18-12-10-16(11-13-18)15-23-22-24-20(19-9-6-14-29-19)25-27(22)21(28)17-7-4-3-5-8-17/h3-14H,15H2,1-2H3,(H,23,24,25). The van der Waals surface area contributed by atoms with E-state index in [-0.39, 0.29) is 5.91 Å². The third kappa shape index (κ3) is 4.20. The molecule has 0 fully saturated rings. The summed E-state index contributed by atoms with van der Waals surface area (Å²) < 4.78 is 1.35. The molecule has 2 heterocycles. The van der Waals surface area contributed by atoms with Crippen LogP contribution in [0.15, 0.2) is 72.1 Å². The van der Waals surface area contributed by atoms with Crippen molar-refractivity contribution in [1.29, 1.82) is 0 Å². The van der Waals surface area contributed by atoms with Crippen molar-refractivity contribution in [3.63, 3.8) is 0 Å². The first kappa shape index (κ1) is 18.9. The summed E-state index contributed by atoms with van der Waals surface area (Å²) in [6.07, 6.45) is 0. The van der Waals surface area contributed by atoms with Gasteiger partial charge in [0.15, 0.2) is 5.82 Å². The zero-order valence-corrected chi connectivity index (χ0v) is 17.1. The predicted octanol–water partition coefficient (Wildman–Crippen LogP) is 4.37. The van der Waals surface area contributed by atoms with Crippen LogP contribution in [0, 0.1) is 0 Å². The topological polar surface area (TPSA) is 63.0 Å². The lowest BCUT2D eigenvalue weighted by atomic mass is 10.2. The molecule has 146 valence electrons. The van der Waals surface area contributed by atoms with Crippen molar-refractivity contribution in [2.24, 2.45) is 0 Å². The van der Waals surface area contributed by atoms with Gasteiger partial charge in [0.2, 0.25) is 5.95 Å². The number of aromatic nitrogens is 3. The van der Waals surface area contributed by atoms with E-state index in [0.29, 0.717) is 23.9 Å². The second-order valence-electron chi connectivity index (χ2n) is 6.73. The highest BCUT2D eigenvalue weighted by atomic mass is 32.1. The molecule has 0 atom stereocenters. The number of anilines is 2. The van der Waals surface area contributed by atoms with Gasteiger partial charge in [-0.1, -0.05) is 36.4 Å². The third-order valence-electron chi connectivity index (χ3n) is 4.47. The number of carbonyl (C=O) groups excluding carboxylic acids is 1. The molecule has 29 heavy (non-hydrogen) atoms. The Balaban J connectivity index is 1.61. The SMILES string of the molecule is CN(C)c1ccc(CNc2nc(-c3cccs3)nn2C(=O)c2ccccc2)cc1. The fourth-order valence-corrected chi connectivity index (χ4v) is 3.53. The van der Waals surface area contributed by atoms with Gasteiger partial charge < -0.3 is 10.2 Å². The number of carbonyl (C=O) groups is 1. The van der Waals surface area contributed by atoms with E-state index in [9.17, 15) is 4.79 Å². The van der Waals surface area contributed by atoms with Crippen LogP contribution in [0.1, 0.15) is 15.9 Å². The highest BCUT2D eigenvalue weighted by Crippen LogP contribution is 2.24. The molecule has 2 aromatic carbocycles. The first-order chi connectivity index (χ1) is 14.1. The van der Waals surface area contributed by atoms with Gasteiger partial charge in [0.25, 0.3) is 5.91 Å². The Hall–Kier alpha value is -3.45. The molecule has 0 radical (unpaired) electrons. The minimum Gasteiger partial charge on any atom is -0.378 e. The summed E-state index contributed by atoms with van der Waals surface area (Å²) in [4.78, 5) is 20.6. The van der Waals surface area contributed by atoms with E-state index < -0.39 is 0 Å². The number of hydrogen-bond acceptors (Lipinski definition) is 6. The maximum Gasteiger partial charge on any atom is 0.281 e. The van der Waals surface area contributed by atoms with E-state index in [1.807, 2.05) is 49.8 Å². The molecule has 2 aromatic heterocycles. The highest BCUT2D eigenvalue weighted by Gasteiger charge is 2.19. The molecule has 0 bridgehead atoms. The largest absolute Gasteiger partial charge is 0.378 e. The zero-order chi connectivity index (χ0) is 20.2. The van der Waals surface area contributed by atoms with Gasteiger partial charge in [-0.15, -0.1) is 16.4 Å². The van der Waals surface area contributed by atoms with Crippen molar-refractivity contribution < 1.29 is 4.79 Å². The van der Waals surface area contributed by atoms with Gasteiger partial charge in [0.1, 0.15) is 0 Å². The molecule has 0 spiro atoms. The van der Waals surface area contributed by atoms with Gasteiger partial charge in [0.05, 0.1) is 4.88 Å². The molecular weight excluding hydrogens is 382 g/mol. The Morgan fingerprint density at radius 3 is 2.45 bits per heavy atom. The Labute approximate surface area is 173 Å². The molecule has 0 aliphatic carbocycles. The van der Waals surface area contributed by atoms with Crippen LogP contribution in [0.3, 0.4) is 0 Å². The van der Waals surface area contributed by atoms with Crippen LogP contribution in [-0.2, 0) is 6.54 Å². The summed E-state index contributed by atoms with van der Waals surface area (Å²) in [7, 11) is 4.02. The van der Waals surface area contributed by atoms with Crippen LogP contribution < -0.4 is 10.2 Å². The van der Waals surface area contributed by atoms with Crippen LogP contribution in [0.5, 0.6) is 0 Å². The second kappa shape index (κ2) is 8.28. The lowest BCUT2D eigenvalue weighted by molar-refractivity contribution is 0.0947. The molecule has 4 aromatic rings. The fraction of sp³-hybridized carbons (Fsp3) is 0.136. The van der Waals surface area contributed by atoms with Gasteiger partial charge >= 0.3 is 0 Å².